The molecule has 2 aromatic carbocycles. The van der Waals surface area contributed by atoms with Gasteiger partial charge < -0.3 is 14.4 Å². The molecular weight excluding hydrogens is 328 g/mol. The first-order chi connectivity index (χ1) is 12.7. The highest BCUT2D eigenvalue weighted by Crippen LogP contribution is 2.17. The minimum Gasteiger partial charge on any atom is -0.497 e. The third kappa shape index (κ3) is 5.23. The largest absolute Gasteiger partial charge is 0.497 e. The minimum atomic E-state index is 0.0439. The van der Waals surface area contributed by atoms with E-state index in [2.05, 4.69) is 29.2 Å². The Kier molecular flexibility index (Phi) is 6.50. The van der Waals surface area contributed by atoms with Crippen molar-refractivity contribution in [3.8, 4) is 11.5 Å². The molecule has 0 saturated carbocycles. The fourth-order valence-corrected chi connectivity index (χ4v) is 3.13. The lowest BCUT2D eigenvalue weighted by Crippen LogP contribution is -2.38. The van der Waals surface area contributed by atoms with Gasteiger partial charge in [-0.2, -0.15) is 0 Å². The topological polar surface area (TPSA) is 42.0 Å². The van der Waals surface area contributed by atoms with Crippen LogP contribution >= 0.6 is 0 Å². The maximum absolute atomic E-state index is 12.5. The van der Waals surface area contributed by atoms with Crippen molar-refractivity contribution in [3.63, 3.8) is 0 Å². The van der Waals surface area contributed by atoms with Crippen molar-refractivity contribution < 1.29 is 14.3 Å². The Hall–Kier alpha value is -2.53. The van der Waals surface area contributed by atoms with Crippen LogP contribution in [0.1, 0.15) is 12.0 Å². The van der Waals surface area contributed by atoms with Crippen LogP contribution in [0, 0.1) is 0 Å². The Morgan fingerprint density at radius 3 is 2.38 bits per heavy atom. The number of methoxy groups -OCH3 is 1. The molecule has 1 fully saturated rings. The molecule has 1 amide bonds. The van der Waals surface area contributed by atoms with Gasteiger partial charge >= 0.3 is 0 Å². The van der Waals surface area contributed by atoms with Crippen molar-refractivity contribution in [2.75, 3.05) is 39.9 Å². The minimum absolute atomic E-state index is 0.0439. The van der Waals surface area contributed by atoms with E-state index in [-0.39, 0.29) is 12.5 Å². The number of carbonyl (C=O) groups is 1. The summed E-state index contributed by atoms with van der Waals surface area (Å²) in [5.74, 6) is 1.50. The Balaban J connectivity index is 1.46. The molecule has 1 aliphatic rings. The summed E-state index contributed by atoms with van der Waals surface area (Å²) in [7, 11) is 1.62. The highest BCUT2D eigenvalue weighted by atomic mass is 16.5. The number of carbonyl (C=O) groups excluding carboxylic acids is 1. The van der Waals surface area contributed by atoms with Gasteiger partial charge in [0, 0.05) is 32.7 Å². The molecule has 0 aromatic heterocycles. The zero-order valence-electron chi connectivity index (χ0n) is 15.3. The van der Waals surface area contributed by atoms with Crippen LogP contribution in [0.5, 0.6) is 11.5 Å². The van der Waals surface area contributed by atoms with E-state index in [1.54, 1.807) is 7.11 Å². The summed E-state index contributed by atoms with van der Waals surface area (Å²) in [6, 6.07) is 17.8. The molecule has 0 atom stereocenters. The third-order valence-corrected chi connectivity index (χ3v) is 4.61. The zero-order valence-corrected chi connectivity index (χ0v) is 15.3. The summed E-state index contributed by atoms with van der Waals surface area (Å²) < 4.78 is 10.7. The fraction of sp³-hybridized carbons (Fsp3) is 0.381. The first-order valence-corrected chi connectivity index (χ1v) is 9.05. The molecule has 0 bridgehead atoms. The molecule has 0 radical (unpaired) electrons. The number of rotatable bonds is 6. The van der Waals surface area contributed by atoms with Crippen molar-refractivity contribution in [2.45, 2.75) is 13.0 Å². The number of hydrogen-bond donors (Lipinski definition) is 0. The number of amides is 1. The monoisotopic (exact) mass is 354 g/mol. The molecular formula is C21H26N2O3. The first kappa shape index (κ1) is 18.3. The zero-order chi connectivity index (χ0) is 18.2. The van der Waals surface area contributed by atoms with E-state index in [9.17, 15) is 4.79 Å². The normalized spacial score (nSPS) is 15.3. The highest BCUT2D eigenvalue weighted by Gasteiger charge is 2.19. The van der Waals surface area contributed by atoms with Gasteiger partial charge in [-0.15, -0.1) is 0 Å². The van der Waals surface area contributed by atoms with Gasteiger partial charge in [-0.25, -0.2) is 0 Å². The second kappa shape index (κ2) is 9.25. The molecule has 5 heteroatoms. The summed E-state index contributed by atoms with van der Waals surface area (Å²) in [5.41, 5.74) is 1.31. The highest BCUT2D eigenvalue weighted by molar-refractivity contribution is 5.77. The second-order valence-corrected chi connectivity index (χ2v) is 6.46. The SMILES string of the molecule is COc1ccc(OCC(=O)N2CCCN(Cc3ccccc3)CC2)cc1. The Bertz CT molecular complexity index is 688. The van der Waals surface area contributed by atoms with Crippen molar-refractivity contribution in [2.24, 2.45) is 0 Å². The maximum atomic E-state index is 12.5. The lowest BCUT2D eigenvalue weighted by Gasteiger charge is -2.22. The van der Waals surface area contributed by atoms with Gasteiger partial charge in [0.1, 0.15) is 11.5 Å². The van der Waals surface area contributed by atoms with E-state index in [1.807, 2.05) is 35.2 Å². The van der Waals surface area contributed by atoms with Gasteiger partial charge in [0.15, 0.2) is 6.61 Å². The lowest BCUT2D eigenvalue weighted by molar-refractivity contribution is -0.133. The van der Waals surface area contributed by atoms with Gasteiger partial charge in [0.05, 0.1) is 7.11 Å². The van der Waals surface area contributed by atoms with Crippen LogP contribution in [-0.4, -0.2) is 55.6 Å². The molecule has 1 saturated heterocycles. The molecule has 1 heterocycles. The van der Waals surface area contributed by atoms with Crippen LogP contribution in [0.2, 0.25) is 0 Å². The standard InChI is InChI=1S/C21H26N2O3/c1-25-19-8-10-20(11-9-19)26-17-21(24)23-13-5-12-22(14-15-23)16-18-6-3-2-4-7-18/h2-4,6-11H,5,12-17H2,1H3. The van der Waals surface area contributed by atoms with Crippen molar-refractivity contribution in [3.05, 3.63) is 60.2 Å². The van der Waals surface area contributed by atoms with Crippen molar-refractivity contribution >= 4 is 5.91 Å². The average molecular weight is 354 g/mol. The lowest BCUT2D eigenvalue weighted by atomic mass is 10.2. The summed E-state index contributed by atoms with van der Waals surface area (Å²) in [6.07, 6.45) is 0.987. The number of ether oxygens (including phenoxy) is 2. The van der Waals surface area contributed by atoms with E-state index >= 15 is 0 Å². The van der Waals surface area contributed by atoms with Gasteiger partial charge in [-0.05, 0) is 36.2 Å². The van der Waals surface area contributed by atoms with E-state index in [1.165, 1.54) is 5.56 Å². The Morgan fingerprint density at radius 1 is 0.923 bits per heavy atom. The summed E-state index contributed by atoms with van der Waals surface area (Å²) in [5, 5.41) is 0. The molecule has 138 valence electrons. The van der Waals surface area contributed by atoms with Crippen molar-refractivity contribution in [1.29, 1.82) is 0 Å². The third-order valence-electron chi connectivity index (χ3n) is 4.61. The van der Waals surface area contributed by atoms with Crippen molar-refractivity contribution in [1.82, 2.24) is 9.80 Å². The summed E-state index contributed by atoms with van der Waals surface area (Å²) >= 11 is 0. The van der Waals surface area contributed by atoms with Crippen LogP contribution < -0.4 is 9.47 Å². The molecule has 26 heavy (non-hydrogen) atoms. The van der Waals surface area contributed by atoms with Crippen LogP contribution in [0.4, 0.5) is 0 Å². The Morgan fingerprint density at radius 2 is 1.65 bits per heavy atom. The van der Waals surface area contributed by atoms with Gasteiger partial charge in [-0.1, -0.05) is 30.3 Å². The molecule has 5 nitrogen and oxygen atoms in total. The quantitative estimate of drug-likeness (QED) is 0.800. The van der Waals surface area contributed by atoms with Crippen LogP contribution in [0.3, 0.4) is 0 Å². The van der Waals surface area contributed by atoms with Gasteiger partial charge in [-0.3, -0.25) is 9.69 Å². The van der Waals surface area contributed by atoms with E-state index < -0.39 is 0 Å². The summed E-state index contributed by atoms with van der Waals surface area (Å²) in [4.78, 5) is 16.8. The van der Waals surface area contributed by atoms with Crippen LogP contribution in [0.25, 0.3) is 0 Å². The molecule has 0 aliphatic carbocycles. The van der Waals surface area contributed by atoms with E-state index in [0.29, 0.717) is 5.75 Å². The molecule has 0 N–H and O–H groups in total. The average Bonchev–Trinajstić information content (AvgIpc) is 2.93. The molecule has 2 aromatic rings. The second-order valence-electron chi connectivity index (χ2n) is 6.46. The smallest absolute Gasteiger partial charge is 0.260 e. The molecule has 1 aliphatic heterocycles. The fourth-order valence-electron chi connectivity index (χ4n) is 3.13. The van der Waals surface area contributed by atoms with Gasteiger partial charge in [0.2, 0.25) is 0 Å². The number of benzene rings is 2. The molecule has 0 spiro atoms. The van der Waals surface area contributed by atoms with E-state index in [4.69, 9.17) is 9.47 Å². The molecule has 0 unspecified atom stereocenters. The maximum Gasteiger partial charge on any atom is 0.260 e. The first-order valence-electron chi connectivity index (χ1n) is 9.05. The van der Waals surface area contributed by atoms with Crippen LogP contribution in [-0.2, 0) is 11.3 Å². The van der Waals surface area contributed by atoms with Crippen LogP contribution in [0.15, 0.2) is 54.6 Å². The predicted octanol–water partition coefficient (Wildman–Crippen LogP) is 2.81. The van der Waals surface area contributed by atoms with Gasteiger partial charge in [0.25, 0.3) is 5.91 Å². The predicted molar refractivity (Wildman–Crippen MR) is 101 cm³/mol. The van der Waals surface area contributed by atoms with E-state index in [0.717, 1.165) is 44.9 Å². The molecule has 3 rings (SSSR count). The number of nitrogens with zero attached hydrogens (tertiary/aromatic N) is 2. The summed E-state index contributed by atoms with van der Waals surface area (Å²) in [6.45, 7) is 4.45. The number of hydrogen-bond acceptors (Lipinski definition) is 4. The Labute approximate surface area is 155 Å².